The maximum atomic E-state index is 12.4. The smallest absolute Gasteiger partial charge is 0.224 e. The van der Waals surface area contributed by atoms with Crippen LogP contribution in [0.3, 0.4) is 0 Å². The molecular formula is C22H29N3O2. The molecular weight excluding hydrogens is 338 g/mol. The monoisotopic (exact) mass is 367 g/mol. The van der Waals surface area contributed by atoms with Crippen LogP contribution in [-0.4, -0.2) is 37.2 Å². The summed E-state index contributed by atoms with van der Waals surface area (Å²) < 4.78 is 5.42. The van der Waals surface area contributed by atoms with Crippen molar-refractivity contribution in [1.82, 2.24) is 10.3 Å². The Kier molecular flexibility index (Phi) is 6.82. The molecule has 2 heterocycles. The number of pyridine rings is 1. The molecule has 1 N–H and O–H groups in total. The van der Waals surface area contributed by atoms with E-state index < -0.39 is 0 Å². The van der Waals surface area contributed by atoms with Gasteiger partial charge in [-0.2, -0.15) is 0 Å². The van der Waals surface area contributed by atoms with Crippen molar-refractivity contribution in [2.24, 2.45) is 5.92 Å². The molecule has 0 unspecified atom stereocenters. The standard InChI is InChI=1S/C22H29N3O2/c1-17(2)14-18-5-7-19(8-6-18)15-21(26)24-16-20-4-3-9-23-22(20)25-10-12-27-13-11-25/h3-9,17H,10-16H2,1-2H3,(H,24,26). The molecule has 3 rings (SSSR count). The molecule has 1 aromatic carbocycles. The van der Waals surface area contributed by atoms with Crippen molar-refractivity contribution in [3.05, 3.63) is 59.3 Å². The van der Waals surface area contributed by atoms with Crippen LogP contribution >= 0.6 is 0 Å². The second kappa shape index (κ2) is 9.51. The van der Waals surface area contributed by atoms with E-state index in [1.54, 1.807) is 6.20 Å². The first-order valence-corrected chi connectivity index (χ1v) is 9.73. The average Bonchev–Trinajstić information content (AvgIpc) is 2.68. The number of aromatic nitrogens is 1. The Balaban J connectivity index is 1.55. The lowest BCUT2D eigenvalue weighted by atomic mass is 10.0. The third kappa shape index (κ3) is 5.79. The molecule has 0 atom stereocenters. The third-order valence-electron chi connectivity index (χ3n) is 4.69. The number of nitrogens with zero attached hydrogens (tertiary/aromatic N) is 2. The highest BCUT2D eigenvalue weighted by Gasteiger charge is 2.16. The number of anilines is 1. The largest absolute Gasteiger partial charge is 0.378 e. The van der Waals surface area contributed by atoms with Gasteiger partial charge in [0.1, 0.15) is 5.82 Å². The maximum Gasteiger partial charge on any atom is 0.224 e. The summed E-state index contributed by atoms with van der Waals surface area (Å²) in [7, 11) is 0. The lowest BCUT2D eigenvalue weighted by molar-refractivity contribution is -0.120. The van der Waals surface area contributed by atoms with Gasteiger partial charge in [0, 0.05) is 31.4 Å². The summed E-state index contributed by atoms with van der Waals surface area (Å²) in [6.07, 6.45) is 3.27. The van der Waals surface area contributed by atoms with Gasteiger partial charge in [0.2, 0.25) is 5.91 Å². The van der Waals surface area contributed by atoms with Gasteiger partial charge in [-0.15, -0.1) is 0 Å². The SMILES string of the molecule is CC(C)Cc1ccc(CC(=O)NCc2cccnc2N2CCOCC2)cc1. The van der Waals surface area contributed by atoms with Crippen LogP contribution < -0.4 is 10.2 Å². The Morgan fingerprint density at radius 3 is 2.56 bits per heavy atom. The number of rotatable bonds is 7. The molecule has 1 aromatic heterocycles. The predicted molar refractivity (Wildman–Crippen MR) is 108 cm³/mol. The van der Waals surface area contributed by atoms with E-state index in [9.17, 15) is 4.79 Å². The number of amides is 1. The Bertz CT molecular complexity index is 737. The van der Waals surface area contributed by atoms with Gasteiger partial charge in [-0.25, -0.2) is 4.98 Å². The maximum absolute atomic E-state index is 12.4. The van der Waals surface area contributed by atoms with Crippen LogP contribution in [0.5, 0.6) is 0 Å². The second-order valence-corrected chi connectivity index (χ2v) is 7.45. The molecule has 1 fully saturated rings. The van der Waals surface area contributed by atoms with E-state index >= 15 is 0 Å². The zero-order valence-corrected chi connectivity index (χ0v) is 16.3. The Morgan fingerprint density at radius 2 is 1.85 bits per heavy atom. The molecule has 5 heteroatoms. The summed E-state index contributed by atoms with van der Waals surface area (Å²) in [5.74, 6) is 1.61. The van der Waals surface area contributed by atoms with Gasteiger partial charge in [0.15, 0.2) is 0 Å². The van der Waals surface area contributed by atoms with E-state index in [4.69, 9.17) is 4.74 Å². The zero-order chi connectivity index (χ0) is 19.1. The van der Waals surface area contributed by atoms with E-state index in [0.29, 0.717) is 18.9 Å². The number of nitrogens with one attached hydrogen (secondary N) is 1. The quantitative estimate of drug-likeness (QED) is 0.817. The average molecular weight is 367 g/mol. The van der Waals surface area contributed by atoms with Gasteiger partial charge < -0.3 is 15.0 Å². The molecule has 0 aliphatic carbocycles. The lowest BCUT2D eigenvalue weighted by Gasteiger charge is -2.29. The molecule has 2 aromatic rings. The molecule has 144 valence electrons. The van der Waals surface area contributed by atoms with Gasteiger partial charge in [-0.3, -0.25) is 4.79 Å². The van der Waals surface area contributed by atoms with Gasteiger partial charge in [-0.05, 0) is 29.5 Å². The summed E-state index contributed by atoms with van der Waals surface area (Å²) >= 11 is 0. The Hall–Kier alpha value is -2.40. The highest BCUT2D eigenvalue weighted by molar-refractivity contribution is 5.78. The summed E-state index contributed by atoms with van der Waals surface area (Å²) in [6.45, 7) is 8.02. The first kappa shape index (κ1) is 19.4. The van der Waals surface area contributed by atoms with Crippen molar-refractivity contribution < 1.29 is 9.53 Å². The van der Waals surface area contributed by atoms with Crippen LogP contribution in [0.1, 0.15) is 30.5 Å². The summed E-state index contributed by atoms with van der Waals surface area (Å²) in [5.41, 5.74) is 3.40. The van der Waals surface area contributed by atoms with Gasteiger partial charge >= 0.3 is 0 Å². The second-order valence-electron chi connectivity index (χ2n) is 7.45. The van der Waals surface area contributed by atoms with Crippen LogP contribution in [0, 0.1) is 5.92 Å². The molecule has 1 amide bonds. The minimum absolute atomic E-state index is 0.0309. The number of hydrogen-bond donors (Lipinski definition) is 1. The minimum atomic E-state index is 0.0309. The number of benzene rings is 1. The molecule has 1 saturated heterocycles. The molecule has 5 nitrogen and oxygen atoms in total. The van der Waals surface area contributed by atoms with Crippen molar-refractivity contribution in [3.63, 3.8) is 0 Å². The Labute approximate surface area is 161 Å². The van der Waals surface area contributed by atoms with Crippen molar-refractivity contribution >= 4 is 11.7 Å². The number of carbonyl (C=O) groups excluding carboxylic acids is 1. The van der Waals surface area contributed by atoms with Gasteiger partial charge in [0.05, 0.1) is 19.6 Å². The predicted octanol–water partition coefficient (Wildman–Crippen LogP) is 2.98. The Morgan fingerprint density at radius 1 is 1.15 bits per heavy atom. The first-order valence-electron chi connectivity index (χ1n) is 9.73. The summed E-state index contributed by atoms with van der Waals surface area (Å²) in [5, 5.41) is 3.04. The van der Waals surface area contributed by atoms with Crippen molar-refractivity contribution in [1.29, 1.82) is 0 Å². The molecule has 0 saturated carbocycles. The lowest BCUT2D eigenvalue weighted by Crippen LogP contribution is -2.38. The van der Waals surface area contributed by atoms with E-state index in [-0.39, 0.29) is 5.91 Å². The molecule has 27 heavy (non-hydrogen) atoms. The molecule has 1 aliphatic heterocycles. The van der Waals surface area contributed by atoms with Crippen LogP contribution in [0.2, 0.25) is 0 Å². The third-order valence-corrected chi connectivity index (χ3v) is 4.69. The molecule has 0 bridgehead atoms. The van der Waals surface area contributed by atoms with Crippen LogP contribution in [0.15, 0.2) is 42.6 Å². The minimum Gasteiger partial charge on any atom is -0.378 e. The van der Waals surface area contributed by atoms with E-state index in [2.05, 4.69) is 53.3 Å². The summed E-state index contributed by atoms with van der Waals surface area (Å²) in [4.78, 5) is 19.1. The topological polar surface area (TPSA) is 54.5 Å². The number of carbonyl (C=O) groups is 1. The fourth-order valence-electron chi connectivity index (χ4n) is 3.33. The van der Waals surface area contributed by atoms with E-state index in [1.807, 2.05) is 12.1 Å². The molecule has 1 aliphatic rings. The highest BCUT2D eigenvalue weighted by atomic mass is 16.5. The number of morpholine rings is 1. The van der Waals surface area contributed by atoms with Crippen LogP contribution in [-0.2, 0) is 28.9 Å². The van der Waals surface area contributed by atoms with Gasteiger partial charge in [0.25, 0.3) is 0 Å². The normalized spacial score (nSPS) is 14.4. The van der Waals surface area contributed by atoms with Crippen molar-refractivity contribution in [2.45, 2.75) is 33.2 Å². The zero-order valence-electron chi connectivity index (χ0n) is 16.3. The van der Waals surface area contributed by atoms with E-state index in [1.165, 1.54) is 5.56 Å². The summed E-state index contributed by atoms with van der Waals surface area (Å²) in [6, 6.07) is 12.3. The molecule has 0 radical (unpaired) electrons. The number of hydrogen-bond acceptors (Lipinski definition) is 4. The number of ether oxygens (including phenoxy) is 1. The van der Waals surface area contributed by atoms with Crippen LogP contribution in [0.25, 0.3) is 0 Å². The van der Waals surface area contributed by atoms with Crippen molar-refractivity contribution in [3.8, 4) is 0 Å². The fraction of sp³-hybridized carbons (Fsp3) is 0.455. The first-order chi connectivity index (χ1) is 13.1. The highest BCUT2D eigenvalue weighted by Crippen LogP contribution is 2.18. The van der Waals surface area contributed by atoms with Gasteiger partial charge in [-0.1, -0.05) is 44.2 Å². The van der Waals surface area contributed by atoms with Crippen LogP contribution in [0.4, 0.5) is 5.82 Å². The fourth-order valence-corrected chi connectivity index (χ4v) is 3.33. The van der Waals surface area contributed by atoms with E-state index in [0.717, 1.165) is 49.7 Å². The molecule has 0 spiro atoms. The van der Waals surface area contributed by atoms with Crippen molar-refractivity contribution in [2.75, 3.05) is 31.2 Å².